The molecule has 1 aliphatic rings. The van der Waals surface area contributed by atoms with E-state index in [1.165, 1.54) is 60.5 Å². The van der Waals surface area contributed by atoms with Gasteiger partial charge in [-0.3, -0.25) is 0 Å². The molecule has 0 aliphatic heterocycles. The Morgan fingerprint density at radius 1 is 0.579 bits per heavy atom. The van der Waals surface area contributed by atoms with Gasteiger partial charge in [-0.25, -0.2) is 0 Å². The molecule has 180 valence electrons. The van der Waals surface area contributed by atoms with Gasteiger partial charge in [0.1, 0.15) is 11.2 Å². The first-order chi connectivity index (χ1) is 18.8. The molecule has 1 aliphatic carbocycles. The predicted octanol–water partition coefficient (Wildman–Crippen LogP) is 9.68. The van der Waals surface area contributed by atoms with E-state index in [0.29, 0.717) is 0 Å². The molecule has 38 heavy (non-hydrogen) atoms. The highest BCUT2D eigenvalue weighted by Crippen LogP contribution is 2.42. The van der Waals surface area contributed by atoms with E-state index in [-0.39, 0.29) is 5.92 Å². The fraction of sp³-hybridized carbons (Fsp3) is 0.0811. The third-order valence-corrected chi connectivity index (χ3v) is 8.29. The molecular formula is C37H26O. The fourth-order valence-electron chi connectivity index (χ4n) is 6.41. The summed E-state index contributed by atoms with van der Waals surface area (Å²) < 4.78 is 6.54. The van der Waals surface area contributed by atoms with Crippen LogP contribution in [0.5, 0.6) is 0 Å². The van der Waals surface area contributed by atoms with Gasteiger partial charge in [0.15, 0.2) is 0 Å². The maximum absolute atomic E-state index is 6.54. The van der Waals surface area contributed by atoms with Crippen LogP contribution in [0.25, 0.3) is 43.8 Å². The Bertz CT molecular complexity index is 1990. The van der Waals surface area contributed by atoms with Gasteiger partial charge in [-0.1, -0.05) is 121 Å². The number of rotatable bonds is 4. The van der Waals surface area contributed by atoms with Gasteiger partial charge in [0.2, 0.25) is 0 Å². The lowest BCUT2D eigenvalue weighted by molar-refractivity contribution is 0.655. The van der Waals surface area contributed by atoms with Crippen LogP contribution < -0.4 is 0 Å². The Labute approximate surface area is 222 Å². The molecule has 0 N–H and O–H groups in total. The Kier molecular flexibility index (Phi) is 4.78. The second kappa shape index (κ2) is 8.46. The zero-order valence-electron chi connectivity index (χ0n) is 21.0. The minimum absolute atomic E-state index is 0.165. The quantitative estimate of drug-likeness (QED) is 0.241. The van der Waals surface area contributed by atoms with Crippen molar-refractivity contribution in [1.82, 2.24) is 0 Å². The molecule has 0 saturated heterocycles. The molecule has 0 amide bonds. The monoisotopic (exact) mass is 486 g/mol. The molecule has 6 aromatic carbocycles. The van der Waals surface area contributed by atoms with Crippen LogP contribution in [0.2, 0.25) is 0 Å². The van der Waals surface area contributed by atoms with E-state index in [0.717, 1.165) is 24.0 Å². The number of fused-ring (bicyclic) bond motifs is 7. The van der Waals surface area contributed by atoms with Crippen molar-refractivity contribution in [2.24, 2.45) is 0 Å². The second-order valence-corrected chi connectivity index (χ2v) is 10.5. The van der Waals surface area contributed by atoms with Crippen LogP contribution in [-0.4, -0.2) is 0 Å². The maximum Gasteiger partial charge on any atom is 0.139 e. The minimum Gasteiger partial charge on any atom is -0.456 e. The summed E-state index contributed by atoms with van der Waals surface area (Å²) in [5.41, 5.74) is 11.4. The van der Waals surface area contributed by atoms with E-state index in [1.54, 1.807) is 0 Å². The van der Waals surface area contributed by atoms with Crippen LogP contribution in [0.3, 0.4) is 0 Å². The second-order valence-electron chi connectivity index (χ2n) is 10.5. The van der Waals surface area contributed by atoms with E-state index >= 15 is 0 Å². The van der Waals surface area contributed by atoms with E-state index in [1.807, 2.05) is 0 Å². The summed E-state index contributed by atoms with van der Waals surface area (Å²) in [7, 11) is 0. The van der Waals surface area contributed by atoms with Crippen molar-refractivity contribution in [1.29, 1.82) is 0 Å². The summed E-state index contributed by atoms with van der Waals surface area (Å²) in [5.74, 6) is 0.165. The molecule has 1 nitrogen and oxygen atoms in total. The topological polar surface area (TPSA) is 13.1 Å². The Morgan fingerprint density at radius 3 is 2.34 bits per heavy atom. The van der Waals surface area contributed by atoms with Crippen LogP contribution >= 0.6 is 0 Å². The van der Waals surface area contributed by atoms with Crippen LogP contribution in [0, 0.1) is 0 Å². The first-order valence-corrected chi connectivity index (χ1v) is 13.4. The summed E-state index contributed by atoms with van der Waals surface area (Å²) in [6.07, 6.45) is 1.92. The van der Waals surface area contributed by atoms with Gasteiger partial charge in [-0.15, -0.1) is 0 Å². The lowest BCUT2D eigenvalue weighted by Crippen LogP contribution is -2.06. The molecule has 7 aromatic rings. The molecule has 8 rings (SSSR count). The summed E-state index contributed by atoms with van der Waals surface area (Å²) in [5, 5.41) is 4.93. The molecule has 0 fully saturated rings. The largest absolute Gasteiger partial charge is 0.456 e. The normalized spacial score (nSPS) is 13.2. The van der Waals surface area contributed by atoms with Crippen molar-refractivity contribution in [2.75, 3.05) is 0 Å². The molecule has 1 heteroatoms. The molecule has 0 bridgehead atoms. The SMILES string of the molecule is c1ccc2c(c1)Cc1ccc(C(Cc3ccc4ccccc4c3)c3cccc4c3oc3ccccc34)cc1-2. The smallest absolute Gasteiger partial charge is 0.139 e. The van der Waals surface area contributed by atoms with Crippen molar-refractivity contribution in [3.8, 4) is 11.1 Å². The molecule has 0 saturated carbocycles. The van der Waals surface area contributed by atoms with E-state index in [4.69, 9.17) is 4.42 Å². The van der Waals surface area contributed by atoms with Crippen molar-refractivity contribution in [2.45, 2.75) is 18.8 Å². The standard InChI is InChI=1S/C37H26O/c1-2-9-26-20-24(16-17-25(26)8-1)21-34(29-19-18-28-22-27-10-3-4-11-30(27)35(28)23-29)33-14-7-13-32-31-12-5-6-15-36(31)38-37(32)33/h1-20,23,34H,21-22H2. The maximum atomic E-state index is 6.54. The molecule has 1 atom stereocenters. The molecule has 0 radical (unpaired) electrons. The van der Waals surface area contributed by atoms with E-state index in [2.05, 4.69) is 127 Å². The summed E-state index contributed by atoms with van der Waals surface area (Å²) in [4.78, 5) is 0. The highest BCUT2D eigenvalue weighted by Gasteiger charge is 2.24. The number of hydrogen-bond donors (Lipinski definition) is 0. The third-order valence-electron chi connectivity index (χ3n) is 8.29. The summed E-state index contributed by atoms with van der Waals surface area (Å²) in [6, 6.07) is 46.5. The average molecular weight is 487 g/mol. The first-order valence-electron chi connectivity index (χ1n) is 13.4. The molecule has 1 aromatic heterocycles. The minimum atomic E-state index is 0.165. The van der Waals surface area contributed by atoms with Crippen LogP contribution in [0.1, 0.15) is 33.7 Å². The van der Waals surface area contributed by atoms with Crippen molar-refractivity contribution in [3.05, 3.63) is 155 Å². The van der Waals surface area contributed by atoms with Crippen molar-refractivity contribution < 1.29 is 4.42 Å². The average Bonchev–Trinajstić information content (AvgIpc) is 3.54. The highest BCUT2D eigenvalue weighted by molar-refractivity contribution is 6.06. The van der Waals surface area contributed by atoms with Crippen LogP contribution in [0.4, 0.5) is 0 Å². The van der Waals surface area contributed by atoms with E-state index in [9.17, 15) is 0 Å². The lowest BCUT2D eigenvalue weighted by Gasteiger charge is -2.20. The van der Waals surface area contributed by atoms with Gasteiger partial charge in [0.25, 0.3) is 0 Å². The summed E-state index contributed by atoms with van der Waals surface area (Å²) >= 11 is 0. The van der Waals surface area contributed by atoms with Gasteiger partial charge < -0.3 is 4.42 Å². The fourth-order valence-corrected chi connectivity index (χ4v) is 6.41. The number of para-hydroxylation sites is 2. The third kappa shape index (κ3) is 3.39. The number of furan rings is 1. The number of hydrogen-bond acceptors (Lipinski definition) is 1. The van der Waals surface area contributed by atoms with Gasteiger partial charge >= 0.3 is 0 Å². The molecular weight excluding hydrogens is 460 g/mol. The highest BCUT2D eigenvalue weighted by atomic mass is 16.3. The van der Waals surface area contributed by atoms with Crippen LogP contribution in [0.15, 0.2) is 132 Å². The van der Waals surface area contributed by atoms with Crippen LogP contribution in [-0.2, 0) is 12.8 Å². The van der Waals surface area contributed by atoms with Gasteiger partial charge in [-0.05, 0) is 63.1 Å². The first kappa shape index (κ1) is 21.5. The Hall–Kier alpha value is -4.62. The zero-order valence-corrected chi connectivity index (χ0v) is 21.0. The van der Waals surface area contributed by atoms with Crippen molar-refractivity contribution >= 4 is 32.7 Å². The zero-order chi connectivity index (χ0) is 25.1. The summed E-state index contributed by atoms with van der Waals surface area (Å²) in [6.45, 7) is 0. The molecule has 1 heterocycles. The van der Waals surface area contributed by atoms with E-state index < -0.39 is 0 Å². The predicted molar refractivity (Wildman–Crippen MR) is 158 cm³/mol. The van der Waals surface area contributed by atoms with Crippen molar-refractivity contribution in [3.63, 3.8) is 0 Å². The Morgan fingerprint density at radius 2 is 1.37 bits per heavy atom. The van der Waals surface area contributed by atoms with Gasteiger partial charge in [-0.2, -0.15) is 0 Å². The van der Waals surface area contributed by atoms with Gasteiger partial charge in [0.05, 0.1) is 0 Å². The lowest BCUT2D eigenvalue weighted by atomic mass is 9.83. The Balaban J connectivity index is 1.33. The molecule has 1 unspecified atom stereocenters. The van der Waals surface area contributed by atoms with Gasteiger partial charge in [0, 0.05) is 22.3 Å². The molecule has 0 spiro atoms. The number of benzene rings is 6.